The maximum atomic E-state index is 11.1. The lowest BCUT2D eigenvalue weighted by molar-refractivity contribution is -0.385. The second-order valence-electron chi connectivity index (χ2n) is 5.64. The summed E-state index contributed by atoms with van der Waals surface area (Å²) in [4.78, 5) is 10.6. The van der Waals surface area contributed by atoms with Gasteiger partial charge in [0.05, 0.1) is 4.92 Å². The third kappa shape index (κ3) is 3.05. The van der Waals surface area contributed by atoms with Crippen LogP contribution in [0, 0.1) is 17.0 Å². The van der Waals surface area contributed by atoms with Crippen LogP contribution in [0.4, 0.5) is 5.69 Å². The van der Waals surface area contributed by atoms with Crippen LogP contribution in [0.1, 0.15) is 22.8 Å². The van der Waals surface area contributed by atoms with E-state index in [4.69, 9.17) is 0 Å². The van der Waals surface area contributed by atoms with E-state index in [0.717, 1.165) is 11.1 Å². The zero-order valence-electron chi connectivity index (χ0n) is 13.2. The summed E-state index contributed by atoms with van der Waals surface area (Å²) < 4.78 is 0. The largest absolute Gasteiger partial charge is 0.384 e. The van der Waals surface area contributed by atoms with Gasteiger partial charge in [0.15, 0.2) is 0 Å². The van der Waals surface area contributed by atoms with E-state index in [1.54, 1.807) is 19.1 Å². The Hall–Kier alpha value is -2.98. The molecule has 1 atom stereocenters. The SMILES string of the molecule is Cc1c([C@@H](O)c2ccc(-c3ccccc3)cc2)cccc1[N+](=O)[O-]. The minimum absolute atomic E-state index is 0.0208. The van der Waals surface area contributed by atoms with Gasteiger partial charge in [0.2, 0.25) is 0 Å². The number of aliphatic hydroxyl groups excluding tert-OH is 1. The normalized spacial score (nSPS) is 11.9. The Bertz CT molecular complexity index is 858. The molecule has 4 heteroatoms. The van der Waals surface area contributed by atoms with Gasteiger partial charge < -0.3 is 5.11 Å². The fraction of sp³-hybridized carbons (Fsp3) is 0.100. The second kappa shape index (κ2) is 6.64. The Morgan fingerprint density at radius 3 is 2.12 bits per heavy atom. The molecule has 0 heterocycles. The molecule has 1 N–H and O–H groups in total. The molecular formula is C20H17NO3. The highest BCUT2D eigenvalue weighted by atomic mass is 16.6. The third-order valence-corrected chi connectivity index (χ3v) is 4.17. The van der Waals surface area contributed by atoms with Crippen LogP contribution in [0.3, 0.4) is 0 Å². The molecule has 4 nitrogen and oxygen atoms in total. The molecule has 0 aromatic heterocycles. The van der Waals surface area contributed by atoms with E-state index in [1.165, 1.54) is 6.07 Å². The molecule has 0 spiro atoms. The molecule has 0 bridgehead atoms. The number of nitro benzene ring substituents is 1. The van der Waals surface area contributed by atoms with Gasteiger partial charge in [-0.3, -0.25) is 10.1 Å². The van der Waals surface area contributed by atoms with Crippen molar-refractivity contribution in [2.24, 2.45) is 0 Å². The maximum absolute atomic E-state index is 11.1. The second-order valence-corrected chi connectivity index (χ2v) is 5.64. The van der Waals surface area contributed by atoms with Gasteiger partial charge >= 0.3 is 0 Å². The summed E-state index contributed by atoms with van der Waals surface area (Å²) in [6.07, 6.45) is -0.894. The number of nitro groups is 1. The van der Waals surface area contributed by atoms with E-state index in [9.17, 15) is 15.2 Å². The highest BCUT2D eigenvalue weighted by Crippen LogP contribution is 2.31. The Kier molecular flexibility index (Phi) is 4.40. The fourth-order valence-electron chi connectivity index (χ4n) is 2.80. The highest BCUT2D eigenvalue weighted by Gasteiger charge is 2.19. The van der Waals surface area contributed by atoms with Crippen LogP contribution in [-0.2, 0) is 0 Å². The molecule has 0 saturated carbocycles. The Morgan fingerprint density at radius 1 is 0.875 bits per heavy atom. The average Bonchev–Trinajstić information content (AvgIpc) is 2.62. The van der Waals surface area contributed by atoms with Crippen molar-refractivity contribution in [3.8, 4) is 11.1 Å². The molecule has 0 aliphatic carbocycles. The Morgan fingerprint density at radius 2 is 1.50 bits per heavy atom. The molecule has 24 heavy (non-hydrogen) atoms. The summed E-state index contributed by atoms with van der Waals surface area (Å²) >= 11 is 0. The number of benzene rings is 3. The molecule has 120 valence electrons. The monoisotopic (exact) mass is 319 g/mol. The summed E-state index contributed by atoms with van der Waals surface area (Å²) in [5, 5.41) is 21.7. The lowest BCUT2D eigenvalue weighted by Crippen LogP contribution is -2.04. The van der Waals surface area contributed by atoms with Gasteiger partial charge in [0.25, 0.3) is 5.69 Å². The van der Waals surface area contributed by atoms with Gasteiger partial charge in [0.1, 0.15) is 6.10 Å². The smallest absolute Gasteiger partial charge is 0.272 e. The molecule has 0 amide bonds. The van der Waals surface area contributed by atoms with E-state index in [-0.39, 0.29) is 5.69 Å². The fourth-order valence-corrected chi connectivity index (χ4v) is 2.80. The first-order valence-corrected chi connectivity index (χ1v) is 7.65. The number of nitrogens with zero attached hydrogens (tertiary/aromatic N) is 1. The zero-order chi connectivity index (χ0) is 17.1. The average molecular weight is 319 g/mol. The van der Waals surface area contributed by atoms with Crippen LogP contribution in [0.15, 0.2) is 72.8 Å². The lowest BCUT2D eigenvalue weighted by atomic mass is 9.95. The number of hydrogen-bond donors (Lipinski definition) is 1. The molecule has 0 aliphatic rings. The molecule has 0 saturated heterocycles. The quantitative estimate of drug-likeness (QED) is 0.562. The predicted octanol–water partition coefficient (Wildman–Crippen LogP) is 4.65. The van der Waals surface area contributed by atoms with Gasteiger partial charge in [0, 0.05) is 11.6 Å². The minimum atomic E-state index is -0.894. The van der Waals surface area contributed by atoms with Crippen molar-refractivity contribution in [3.05, 3.63) is 99.6 Å². The molecule has 0 aliphatic heterocycles. The number of aliphatic hydroxyl groups is 1. The van der Waals surface area contributed by atoms with E-state index in [0.29, 0.717) is 16.7 Å². The third-order valence-electron chi connectivity index (χ3n) is 4.17. The number of rotatable bonds is 4. The molecule has 3 aromatic rings. The first-order chi connectivity index (χ1) is 11.6. The first-order valence-electron chi connectivity index (χ1n) is 7.65. The number of hydrogen-bond acceptors (Lipinski definition) is 3. The van der Waals surface area contributed by atoms with Gasteiger partial charge in [-0.1, -0.05) is 66.7 Å². The van der Waals surface area contributed by atoms with E-state index >= 15 is 0 Å². The summed E-state index contributed by atoms with van der Waals surface area (Å²) in [6.45, 7) is 1.66. The van der Waals surface area contributed by atoms with Crippen molar-refractivity contribution in [1.82, 2.24) is 0 Å². The summed E-state index contributed by atoms with van der Waals surface area (Å²) in [6, 6.07) is 22.3. The Labute approximate surface area is 140 Å². The van der Waals surface area contributed by atoms with Crippen LogP contribution in [0.25, 0.3) is 11.1 Å². The summed E-state index contributed by atoms with van der Waals surface area (Å²) in [5.41, 5.74) is 3.93. The highest BCUT2D eigenvalue weighted by molar-refractivity contribution is 5.63. The first kappa shape index (κ1) is 15.9. The van der Waals surface area contributed by atoms with E-state index < -0.39 is 11.0 Å². The van der Waals surface area contributed by atoms with Gasteiger partial charge in [-0.2, -0.15) is 0 Å². The minimum Gasteiger partial charge on any atom is -0.384 e. The van der Waals surface area contributed by atoms with E-state index in [2.05, 4.69) is 0 Å². The van der Waals surface area contributed by atoms with Gasteiger partial charge in [-0.25, -0.2) is 0 Å². The molecular weight excluding hydrogens is 302 g/mol. The van der Waals surface area contributed by atoms with Crippen molar-refractivity contribution in [3.63, 3.8) is 0 Å². The van der Waals surface area contributed by atoms with Crippen molar-refractivity contribution >= 4 is 5.69 Å². The molecule has 0 fully saturated rings. The van der Waals surface area contributed by atoms with Crippen LogP contribution >= 0.6 is 0 Å². The zero-order valence-corrected chi connectivity index (χ0v) is 13.2. The van der Waals surface area contributed by atoms with Crippen LogP contribution in [0.5, 0.6) is 0 Å². The van der Waals surface area contributed by atoms with Crippen LogP contribution in [0.2, 0.25) is 0 Å². The van der Waals surface area contributed by atoms with Gasteiger partial charge in [-0.05, 0) is 29.2 Å². The Balaban J connectivity index is 1.92. The molecule has 0 unspecified atom stereocenters. The predicted molar refractivity (Wildman–Crippen MR) is 93.8 cm³/mol. The van der Waals surface area contributed by atoms with Crippen molar-refractivity contribution in [1.29, 1.82) is 0 Å². The lowest BCUT2D eigenvalue weighted by Gasteiger charge is -2.15. The summed E-state index contributed by atoms with van der Waals surface area (Å²) in [5.74, 6) is 0. The molecule has 3 rings (SSSR count). The van der Waals surface area contributed by atoms with Crippen molar-refractivity contribution in [2.45, 2.75) is 13.0 Å². The van der Waals surface area contributed by atoms with Gasteiger partial charge in [-0.15, -0.1) is 0 Å². The molecule has 0 radical (unpaired) electrons. The van der Waals surface area contributed by atoms with Crippen LogP contribution in [-0.4, -0.2) is 10.0 Å². The van der Waals surface area contributed by atoms with Crippen molar-refractivity contribution < 1.29 is 10.0 Å². The van der Waals surface area contributed by atoms with Crippen molar-refractivity contribution in [2.75, 3.05) is 0 Å². The molecule has 3 aromatic carbocycles. The maximum Gasteiger partial charge on any atom is 0.272 e. The van der Waals surface area contributed by atoms with Crippen LogP contribution < -0.4 is 0 Å². The standard InChI is InChI=1S/C20H17NO3/c1-14-18(8-5-9-19(14)21(23)24)20(22)17-12-10-16(11-13-17)15-6-3-2-4-7-15/h2-13,20,22H,1H3/t20-/m0/s1. The topological polar surface area (TPSA) is 63.4 Å². The summed E-state index contributed by atoms with van der Waals surface area (Å²) in [7, 11) is 0. The van der Waals surface area contributed by atoms with E-state index in [1.807, 2.05) is 54.6 Å².